The normalized spacial score (nSPS) is 14.9. The summed E-state index contributed by atoms with van der Waals surface area (Å²) in [6.07, 6.45) is 4.83. The van der Waals surface area contributed by atoms with Gasteiger partial charge < -0.3 is 19.8 Å². The fourth-order valence-electron chi connectivity index (χ4n) is 3.77. The molecule has 1 amide bonds. The number of aromatic amines is 1. The standard InChI is InChI=1S/C23H26N2O3/c1-16(26)25-23-15-24-22-7-2-17(14-21(22)23)8-13-28-20-5-3-18(4-6-20)19-9-11-27-12-10-19/h2-7,14-15,19,24H,8-13H2,1H3,(H,25,26). The molecule has 5 heteroatoms. The molecule has 1 fully saturated rings. The SMILES string of the molecule is CC(=O)Nc1c[nH]c2ccc(CCOc3ccc(C4CCOCC4)cc3)cc12. The molecule has 4 rings (SSSR count). The number of anilines is 1. The first-order chi connectivity index (χ1) is 13.7. The summed E-state index contributed by atoms with van der Waals surface area (Å²) < 4.78 is 11.4. The van der Waals surface area contributed by atoms with Crippen molar-refractivity contribution < 1.29 is 14.3 Å². The molecular weight excluding hydrogens is 352 g/mol. The number of ether oxygens (including phenoxy) is 2. The Labute approximate surface area is 165 Å². The molecule has 0 aliphatic carbocycles. The lowest BCUT2D eigenvalue weighted by Crippen LogP contribution is -2.13. The molecule has 2 aromatic carbocycles. The maximum absolute atomic E-state index is 11.3. The Kier molecular flexibility index (Phi) is 5.63. The van der Waals surface area contributed by atoms with E-state index >= 15 is 0 Å². The van der Waals surface area contributed by atoms with E-state index in [1.807, 2.05) is 12.3 Å². The molecule has 0 radical (unpaired) electrons. The van der Waals surface area contributed by atoms with E-state index in [-0.39, 0.29) is 5.91 Å². The summed E-state index contributed by atoms with van der Waals surface area (Å²) in [5.74, 6) is 1.44. The van der Waals surface area contributed by atoms with Crippen molar-refractivity contribution in [2.75, 3.05) is 25.1 Å². The van der Waals surface area contributed by atoms with Gasteiger partial charge in [0.2, 0.25) is 5.91 Å². The van der Waals surface area contributed by atoms with Crippen molar-refractivity contribution in [2.45, 2.75) is 32.1 Å². The highest BCUT2D eigenvalue weighted by Gasteiger charge is 2.15. The van der Waals surface area contributed by atoms with Gasteiger partial charge in [-0.25, -0.2) is 0 Å². The van der Waals surface area contributed by atoms with E-state index in [9.17, 15) is 4.79 Å². The number of amides is 1. The number of fused-ring (bicyclic) bond motifs is 1. The molecule has 1 aliphatic rings. The highest BCUT2D eigenvalue weighted by Crippen LogP contribution is 2.28. The summed E-state index contributed by atoms with van der Waals surface area (Å²) in [6, 6.07) is 14.7. The van der Waals surface area contributed by atoms with E-state index in [0.29, 0.717) is 12.5 Å². The van der Waals surface area contributed by atoms with Crippen molar-refractivity contribution in [3.05, 3.63) is 59.8 Å². The van der Waals surface area contributed by atoms with Crippen LogP contribution in [-0.4, -0.2) is 30.7 Å². The van der Waals surface area contributed by atoms with Crippen molar-refractivity contribution in [3.8, 4) is 5.75 Å². The van der Waals surface area contributed by atoms with Gasteiger partial charge in [0.25, 0.3) is 0 Å². The van der Waals surface area contributed by atoms with Crippen molar-refractivity contribution in [2.24, 2.45) is 0 Å². The molecule has 1 aliphatic heterocycles. The number of H-pyrrole nitrogens is 1. The zero-order chi connectivity index (χ0) is 19.3. The number of benzene rings is 2. The van der Waals surface area contributed by atoms with Gasteiger partial charge in [-0.15, -0.1) is 0 Å². The van der Waals surface area contributed by atoms with Crippen LogP contribution in [0.25, 0.3) is 10.9 Å². The number of rotatable bonds is 6. The first kappa shape index (κ1) is 18.6. The maximum Gasteiger partial charge on any atom is 0.221 e. The maximum atomic E-state index is 11.3. The van der Waals surface area contributed by atoms with Crippen LogP contribution in [0.4, 0.5) is 5.69 Å². The van der Waals surface area contributed by atoms with Crippen LogP contribution in [0.3, 0.4) is 0 Å². The summed E-state index contributed by atoms with van der Waals surface area (Å²) in [6.45, 7) is 3.85. The average molecular weight is 378 g/mol. The number of hydrogen-bond donors (Lipinski definition) is 2. The molecule has 0 saturated carbocycles. The fraction of sp³-hybridized carbons (Fsp3) is 0.348. The molecule has 0 spiro atoms. The molecule has 2 heterocycles. The first-order valence-electron chi connectivity index (χ1n) is 9.87. The quantitative estimate of drug-likeness (QED) is 0.657. The molecule has 1 saturated heterocycles. The monoisotopic (exact) mass is 378 g/mol. The van der Waals surface area contributed by atoms with Crippen LogP contribution in [0.15, 0.2) is 48.7 Å². The van der Waals surface area contributed by atoms with Crippen LogP contribution < -0.4 is 10.1 Å². The molecule has 3 aromatic rings. The molecule has 2 N–H and O–H groups in total. The summed E-state index contributed by atoms with van der Waals surface area (Å²) in [5, 5.41) is 3.88. The molecule has 0 unspecified atom stereocenters. The van der Waals surface area contributed by atoms with E-state index in [1.165, 1.54) is 18.1 Å². The van der Waals surface area contributed by atoms with Crippen LogP contribution in [0.2, 0.25) is 0 Å². The third-order valence-corrected chi connectivity index (χ3v) is 5.29. The number of hydrogen-bond acceptors (Lipinski definition) is 3. The lowest BCUT2D eigenvalue weighted by atomic mass is 9.92. The predicted octanol–water partition coefficient (Wildman–Crippen LogP) is 4.64. The van der Waals surface area contributed by atoms with Gasteiger partial charge in [-0.1, -0.05) is 18.2 Å². The first-order valence-corrected chi connectivity index (χ1v) is 9.87. The van der Waals surface area contributed by atoms with Gasteiger partial charge in [0.15, 0.2) is 0 Å². The summed E-state index contributed by atoms with van der Waals surface area (Å²) in [7, 11) is 0. The minimum Gasteiger partial charge on any atom is -0.493 e. The fourth-order valence-corrected chi connectivity index (χ4v) is 3.77. The Morgan fingerprint density at radius 3 is 2.71 bits per heavy atom. The Bertz CT molecular complexity index is 940. The zero-order valence-electron chi connectivity index (χ0n) is 16.2. The predicted molar refractivity (Wildman–Crippen MR) is 111 cm³/mol. The third kappa shape index (κ3) is 4.37. The van der Waals surface area contributed by atoms with Gasteiger partial charge in [-0.3, -0.25) is 4.79 Å². The number of nitrogens with one attached hydrogen (secondary N) is 2. The van der Waals surface area contributed by atoms with Crippen molar-refractivity contribution in [1.82, 2.24) is 4.98 Å². The Morgan fingerprint density at radius 2 is 1.96 bits per heavy atom. The van der Waals surface area contributed by atoms with Gasteiger partial charge in [-0.2, -0.15) is 0 Å². The molecule has 146 valence electrons. The minimum atomic E-state index is -0.0705. The summed E-state index contributed by atoms with van der Waals surface area (Å²) in [5.41, 5.74) is 4.38. The molecular formula is C23H26N2O3. The lowest BCUT2D eigenvalue weighted by molar-refractivity contribution is -0.114. The van der Waals surface area contributed by atoms with Gasteiger partial charge in [0.1, 0.15) is 5.75 Å². The molecule has 0 bridgehead atoms. The van der Waals surface area contributed by atoms with Gasteiger partial charge in [-0.05, 0) is 54.2 Å². The smallest absolute Gasteiger partial charge is 0.221 e. The highest BCUT2D eigenvalue weighted by atomic mass is 16.5. The van der Waals surface area contributed by atoms with Crippen LogP contribution in [-0.2, 0) is 16.0 Å². The lowest BCUT2D eigenvalue weighted by Gasteiger charge is -2.22. The molecule has 0 atom stereocenters. The Hall–Kier alpha value is -2.79. The van der Waals surface area contributed by atoms with E-state index in [4.69, 9.17) is 9.47 Å². The second-order valence-corrected chi connectivity index (χ2v) is 7.32. The zero-order valence-corrected chi connectivity index (χ0v) is 16.2. The second kappa shape index (κ2) is 8.48. The van der Waals surface area contributed by atoms with Crippen molar-refractivity contribution in [3.63, 3.8) is 0 Å². The minimum absolute atomic E-state index is 0.0705. The topological polar surface area (TPSA) is 63.4 Å². The Balaban J connectivity index is 1.35. The second-order valence-electron chi connectivity index (χ2n) is 7.32. The van der Waals surface area contributed by atoms with Gasteiger partial charge in [0, 0.05) is 43.7 Å². The number of carbonyl (C=O) groups excluding carboxylic acids is 1. The molecule has 1 aromatic heterocycles. The number of aromatic nitrogens is 1. The van der Waals surface area contributed by atoms with Gasteiger partial charge in [0.05, 0.1) is 12.3 Å². The van der Waals surface area contributed by atoms with Crippen LogP contribution >= 0.6 is 0 Å². The molecule has 28 heavy (non-hydrogen) atoms. The van der Waals surface area contributed by atoms with Crippen LogP contribution in [0.1, 0.15) is 36.8 Å². The van der Waals surface area contributed by atoms with E-state index < -0.39 is 0 Å². The highest BCUT2D eigenvalue weighted by molar-refractivity contribution is 6.01. The van der Waals surface area contributed by atoms with E-state index in [1.54, 1.807) is 0 Å². The van der Waals surface area contributed by atoms with E-state index in [2.05, 4.69) is 46.7 Å². The third-order valence-electron chi connectivity index (χ3n) is 5.29. The van der Waals surface area contributed by atoms with E-state index in [0.717, 1.165) is 54.8 Å². The summed E-state index contributed by atoms with van der Waals surface area (Å²) >= 11 is 0. The summed E-state index contributed by atoms with van der Waals surface area (Å²) in [4.78, 5) is 14.5. The average Bonchev–Trinajstić information content (AvgIpc) is 3.11. The van der Waals surface area contributed by atoms with Crippen molar-refractivity contribution >= 4 is 22.5 Å². The van der Waals surface area contributed by atoms with Crippen LogP contribution in [0.5, 0.6) is 5.75 Å². The van der Waals surface area contributed by atoms with Crippen molar-refractivity contribution in [1.29, 1.82) is 0 Å². The largest absolute Gasteiger partial charge is 0.493 e. The Morgan fingerprint density at radius 1 is 1.18 bits per heavy atom. The van der Waals surface area contributed by atoms with Gasteiger partial charge >= 0.3 is 0 Å². The van der Waals surface area contributed by atoms with Crippen LogP contribution in [0, 0.1) is 0 Å². The number of carbonyl (C=O) groups is 1. The molecule has 5 nitrogen and oxygen atoms in total.